The van der Waals surface area contributed by atoms with E-state index in [1.54, 1.807) is 0 Å². The standard InChI is InChI=1S/C6H7N.C4H9NO4S/c1-2-4-6-7-5-3-1;1-4(6)5-2-3-9-10(7)8/h1-7H;2-3H2,1H3,(H,5,6)(H,7,8). The highest BCUT2D eigenvalue weighted by atomic mass is 32.2. The molecule has 0 saturated carbocycles. The number of rotatable bonds is 4. The van der Waals surface area contributed by atoms with Gasteiger partial charge in [0.15, 0.2) is 0 Å². The molecule has 0 saturated heterocycles. The smallest absolute Gasteiger partial charge is 0.301 e. The Hall–Kier alpha value is -1.44. The average Bonchev–Trinajstić information content (AvgIpc) is 2.56. The fraction of sp³-hybridized carbons (Fsp3) is 0.300. The second kappa shape index (κ2) is 11.1. The molecule has 1 heterocycles. The van der Waals surface area contributed by atoms with Gasteiger partial charge in [-0.3, -0.25) is 13.5 Å². The number of amides is 1. The van der Waals surface area contributed by atoms with E-state index in [4.69, 9.17) is 4.55 Å². The number of hydrogen-bond acceptors (Lipinski definition) is 4. The Morgan fingerprint density at radius 1 is 1.35 bits per heavy atom. The molecule has 0 bridgehead atoms. The zero-order valence-corrected chi connectivity index (χ0v) is 10.3. The highest BCUT2D eigenvalue weighted by Crippen LogP contribution is 1.81. The number of carbonyl (C=O) groups is 1. The van der Waals surface area contributed by atoms with Gasteiger partial charge in [0.1, 0.15) is 0 Å². The molecule has 17 heavy (non-hydrogen) atoms. The van der Waals surface area contributed by atoms with Gasteiger partial charge in [0.25, 0.3) is 0 Å². The topological polar surface area (TPSA) is 87.7 Å². The van der Waals surface area contributed by atoms with Gasteiger partial charge in [-0.1, -0.05) is 12.2 Å². The van der Waals surface area contributed by atoms with Crippen molar-refractivity contribution in [2.45, 2.75) is 6.92 Å². The first kappa shape index (κ1) is 15.6. The van der Waals surface area contributed by atoms with Crippen LogP contribution < -0.4 is 10.6 Å². The predicted octanol–water partition coefficient (Wildman–Crippen LogP) is 0.449. The van der Waals surface area contributed by atoms with Crippen LogP contribution in [0.5, 0.6) is 0 Å². The molecule has 0 aliphatic carbocycles. The van der Waals surface area contributed by atoms with Crippen LogP contribution in [0.4, 0.5) is 0 Å². The molecule has 1 rings (SSSR count). The van der Waals surface area contributed by atoms with Gasteiger partial charge in [0, 0.05) is 25.9 Å². The molecule has 0 aromatic heterocycles. The summed E-state index contributed by atoms with van der Waals surface area (Å²) >= 11 is -2.23. The van der Waals surface area contributed by atoms with E-state index in [0.29, 0.717) is 0 Å². The Kier molecular flexibility index (Phi) is 10.1. The predicted molar refractivity (Wildman–Crippen MR) is 66.0 cm³/mol. The molecule has 1 unspecified atom stereocenters. The zero-order valence-electron chi connectivity index (χ0n) is 9.46. The van der Waals surface area contributed by atoms with Crippen molar-refractivity contribution in [3.63, 3.8) is 0 Å². The fourth-order valence-corrected chi connectivity index (χ4v) is 0.972. The average molecular weight is 260 g/mol. The molecule has 0 aromatic rings. The Morgan fingerprint density at radius 3 is 2.41 bits per heavy atom. The second-order valence-electron chi connectivity index (χ2n) is 2.79. The van der Waals surface area contributed by atoms with Crippen molar-refractivity contribution in [2.75, 3.05) is 13.2 Å². The number of hydrogen-bond donors (Lipinski definition) is 3. The lowest BCUT2D eigenvalue weighted by molar-refractivity contribution is -0.119. The maximum Gasteiger partial charge on any atom is 0.301 e. The summed E-state index contributed by atoms with van der Waals surface area (Å²) < 4.78 is 22.1. The molecule has 1 atom stereocenters. The van der Waals surface area contributed by atoms with E-state index in [-0.39, 0.29) is 19.1 Å². The lowest BCUT2D eigenvalue weighted by Gasteiger charge is -1.98. The quantitative estimate of drug-likeness (QED) is 0.504. The molecule has 0 spiro atoms. The Labute approximate surface area is 103 Å². The Balaban J connectivity index is 0.000000318. The van der Waals surface area contributed by atoms with E-state index in [9.17, 15) is 9.00 Å². The SMILES string of the molecule is C1=CC=CNC=C1.CC(=O)NCCOS(=O)O. The molecule has 3 N–H and O–H groups in total. The molecule has 1 amide bonds. The highest BCUT2D eigenvalue weighted by molar-refractivity contribution is 7.74. The molecule has 0 fully saturated rings. The minimum Gasteiger partial charge on any atom is -0.368 e. The molecular formula is C10H16N2O4S. The molecule has 96 valence electrons. The van der Waals surface area contributed by atoms with E-state index >= 15 is 0 Å². The molecule has 6 nitrogen and oxygen atoms in total. The summed E-state index contributed by atoms with van der Waals surface area (Å²) in [5.41, 5.74) is 0. The van der Waals surface area contributed by atoms with Crippen LogP contribution in [-0.2, 0) is 20.3 Å². The summed E-state index contributed by atoms with van der Waals surface area (Å²) in [6, 6.07) is 0. The van der Waals surface area contributed by atoms with Crippen LogP contribution in [0.15, 0.2) is 36.7 Å². The monoisotopic (exact) mass is 260 g/mol. The minimum absolute atomic E-state index is 0.0443. The van der Waals surface area contributed by atoms with Gasteiger partial charge in [-0.25, -0.2) is 0 Å². The fourth-order valence-electron chi connectivity index (χ4n) is 0.746. The first-order valence-electron chi connectivity index (χ1n) is 4.86. The second-order valence-corrected chi connectivity index (χ2v) is 3.46. The van der Waals surface area contributed by atoms with Crippen molar-refractivity contribution in [3.8, 4) is 0 Å². The first-order chi connectivity index (χ1) is 8.13. The summed E-state index contributed by atoms with van der Waals surface area (Å²) in [6.07, 6.45) is 11.6. The number of nitrogens with one attached hydrogen (secondary N) is 2. The van der Waals surface area contributed by atoms with Crippen LogP contribution in [0.2, 0.25) is 0 Å². The van der Waals surface area contributed by atoms with Crippen molar-refractivity contribution in [1.29, 1.82) is 0 Å². The minimum atomic E-state index is -2.23. The zero-order chi connectivity index (χ0) is 12.9. The van der Waals surface area contributed by atoms with Crippen LogP contribution in [0.25, 0.3) is 0 Å². The van der Waals surface area contributed by atoms with Crippen LogP contribution in [-0.4, -0.2) is 27.8 Å². The van der Waals surface area contributed by atoms with Crippen molar-refractivity contribution in [3.05, 3.63) is 36.7 Å². The Bertz CT molecular complexity index is 296. The number of carbonyl (C=O) groups excluding carboxylic acids is 1. The summed E-state index contributed by atoms with van der Waals surface area (Å²) in [4.78, 5) is 10.2. The Morgan fingerprint density at radius 2 is 1.94 bits per heavy atom. The van der Waals surface area contributed by atoms with E-state index in [2.05, 4.69) is 14.8 Å². The molecule has 0 aromatic carbocycles. The van der Waals surface area contributed by atoms with Crippen molar-refractivity contribution >= 4 is 17.3 Å². The van der Waals surface area contributed by atoms with E-state index in [1.807, 2.05) is 36.7 Å². The van der Waals surface area contributed by atoms with Crippen LogP contribution in [0.1, 0.15) is 6.92 Å². The lowest BCUT2D eigenvalue weighted by atomic mass is 10.5. The van der Waals surface area contributed by atoms with Gasteiger partial charge >= 0.3 is 11.4 Å². The maximum atomic E-state index is 10.2. The van der Waals surface area contributed by atoms with Gasteiger partial charge in [-0.2, -0.15) is 4.21 Å². The normalized spacial score (nSPS) is 14.0. The number of allylic oxidation sites excluding steroid dienone is 4. The maximum absolute atomic E-state index is 10.2. The van der Waals surface area contributed by atoms with E-state index in [1.165, 1.54) is 6.92 Å². The third-order valence-corrected chi connectivity index (χ3v) is 1.75. The third-order valence-electron chi connectivity index (χ3n) is 1.38. The highest BCUT2D eigenvalue weighted by Gasteiger charge is 1.93. The van der Waals surface area contributed by atoms with Crippen molar-refractivity contribution < 1.29 is 17.7 Å². The molecule has 1 aliphatic heterocycles. The lowest BCUT2D eigenvalue weighted by Crippen LogP contribution is -2.24. The van der Waals surface area contributed by atoms with Gasteiger partial charge < -0.3 is 10.6 Å². The van der Waals surface area contributed by atoms with Gasteiger partial charge in [0.2, 0.25) is 5.91 Å². The van der Waals surface area contributed by atoms with E-state index < -0.39 is 11.4 Å². The van der Waals surface area contributed by atoms with Gasteiger partial charge in [0.05, 0.1) is 6.61 Å². The summed E-state index contributed by atoms with van der Waals surface area (Å²) in [5.74, 6) is -0.188. The van der Waals surface area contributed by atoms with Crippen LogP contribution >= 0.6 is 0 Å². The van der Waals surface area contributed by atoms with Crippen LogP contribution in [0.3, 0.4) is 0 Å². The summed E-state index contributed by atoms with van der Waals surface area (Å²) in [5, 5.41) is 5.32. The summed E-state index contributed by atoms with van der Waals surface area (Å²) in [7, 11) is 0. The first-order valence-corrected chi connectivity index (χ1v) is 5.89. The summed E-state index contributed by atoms with van der Waals surface area (Å²) in [6.45, 7) is 1.65. The molecular weight excluding hydrogens is 244 g/mol. The van der Waals surface area contributed by atoms with E-state index in [0.717, 1.165) is 0 Å². The van der Waals surface area contributed by atoms with Gasteiger partial charge in [-0.15, -0.1) is 0 Å². The molecule has 7 heteroatoms. The third kappa shape index (κ3) is 14.6. The van der Waals surface area contributed by atoms with Crippen LogP contribution in [0, 0.1) is 0 Å². The largest absolute Gasteiger partial charge is 0.368 e. The van der Waals surface area contributed by atoms with Crippen molar-refractivity contribution in [1.82, 2.24) is 10.6 Å². The molecule has 0 radical (unpaired) electrons. The van der Waals surface area contributed by atoms with Gasteiger partial charge in [-0.05, 0) is 12.2 Å². The molecule has 1 aliphatic rings. The van der Waals surface area contributed by atoms with Crippen molar-refractivity contribution in [2.24, 2.45) is 0 Å².